The molecule has 0 aliphatic heterocycles. The van der Waals surface area contributed by atoms with Crippen LogP contribution in [0.25, 0.3) is 6.08 Å². The molecule has 0 radical (unpaired) electrons. The quantitative estimate of drug-likeness (QED) is 0.626. The molecule has 2 rings (SSSR count). The summed E-state index contributed by atoms with van der Waals surface area (Å²) in [5, 5.41) is 0.804. The number of hydrogen-bond donors (Lipinski definition) is 0. The molecule has 0 spiro atoms. The number of allylic oxidation sites excluding steroid dienone is 1. The molecule has 0 unspecified atom stereocenters. The predicted molar refractivity (Wildman–Crippen MR) is 53.8 cm³/mol. The van der Waals surface area contributed by atoms with Crippen molar-refractivity contribution >= 4 is 24.0 Å². The molecule has 1 aromatic rings. The van der Waals surface area contributed by atoms with E-state index in [9.17, 15) is 4.79 Å². The fraction of sp³-hybridized carbons (Fsp3) is 0.182. The summed E-state index contributed by atoms with van der Waals surface area (Å²) in [5.41, 5.74) is 3.10. The minimum atomic E-state index is 0.804. The Bertz CT molecular complexity index is 380. The van der Waals surface area contributed by atoms with E-state index >= 15 is 0 Å². The first kappa shape index (κ1) is 8.52. The van der Waals surface area contributed by atoms with Crippen LogP contribution in [0.15, 0.2) is 23.8 Å². The third kappa shape index (κ3) is 1.52. The summed E-state index contributed by atoms with van der Waals surface area (Å²) in [5.74, 6) is 0. The lowest BCUT2D eigenvalue weighted by Gasteiger charge is -2.13. The molecular weight excluding hydrogens is 184 g/mol. The van der Waals surface area contributed by atoms with Crippen LogP contribution in [-0.2, 0) is 11.2 Å². The van der Waals surface area contributed by atoms with Gasteiger partial charge in [-0.25, -0.2) is 0 Å². The maximum atomic E-state index is 10.6. The standard InChI is InChI=1S/C11H9ClO/c12-11-3-1-2-9-6-8(7-13)4-5-10(9)11/h1-3,6-7H,4-5H2. The first-order valence-corrected chi connectivity index (χ1v) is 4.62. The van der Waals surface area contributed by atoms with Crippen LogP contribution in [0, 0.1) is 0 Å². The molecule has 0 aromatic heterocycles. The second-order valence-corrected chi connectivity index (χ2v) is 3.55. The number of hydrogen-bond acceptors (Lipinski definition) is 1. The second kappa shape index (κ2) is 3.35. The van der Waals surface area contributed by atoms with Crippen LogP contribution < -0.4 is 0 Å². The van der Waals surface area contributed by atoms with Gasteiger partial charge in [-0.2, -0.15) is 0 Å². The molecule has 66 valence electrons. The molecule has 0 N–H and O–H groups in total. The molecule has 0 amide bonds. The van der Waals surface area contributed by atoms with Gasteiger partial charge in [-0.3, -0.25) is 4.79 Å². The highest BCUT2D eigenvalue weighted by Crippen LogP contribution is 2.28. The highest BCUT2D eigenvalue weighted by molar-refractivity contribution is 6.31. The molecule has 0 fully saturated rings. The van der Waals surface area contributed by atoms with Gasteiger partial charge in [0.05, 0.1) is 0 Å². The Morgan fingerprint density at radius 2 is 2.15 bits per heavy atom. The molecule has 0 bridgehead atoms. The van der Waals surface area contributed by atoms with E-state index < -0.39 is 0 Å². The molecule has 1 aliphatic carbocycles. The molecule has 0 atom stereocenters. The van der Waals surface area contributed by atoms with E-state index in [-0.39, 0.29) is 0 Å². The molecule has 0 saturated heterocycles. The number of benzene rings is 1. The van der Waals surface area contributed by atoms with Crippen molar-refractivity contribution in [2.75, 3.05) is 0 Å². The number of rotatable bonds is 1. The number of fused-ring (bicyclic) bond motifs is 1. The Kier molecular flexibility index (Phi) is 2.19. The second-order valence-electron chi connectivity index (χ2n) is 3.14. The molecule has 2 heteroatoms. The first-order valence-electron chi connectivity index (χ1n) is 4.24. The van der Waals surface area contributed by atoms with E-state index in [2.05, 4.69) is 0 Å². The van der Waals surface area contributed by atoms with Crippen LogP contribution >= 0.6 is 11.6 Å². The van der Waals surface area contributed by atoms with Gasteiger partial charge in [-0.1, -0.05) is 23.7 Å². The highest BCUT2D eigenvalue weighted by Gasteiger charge is 2.11. The Labute approximate surface area is 82.0 Å². The summed E-state index contributed by atoms with van der Waals surface area (Å²) in [6, 6.07) is 5.79. The van der Waals surface area contributed by atoms with Crippen molar-refractivity contribution in [1.29, 1.82) is 0 Å². The monoisotopic (exact) mass is 192 g/mol. The van der Waals surface area contributed by atoms with Crippen LogP contribution in [0.5, 0.6) is 0 Å². The molecule has 0 heterocycles. The minimum absolute atomic E-state index is 0.804. The largest absolute Gasteiger partial charge is 0.298 e. The van der Waals surface area contributed by atoms with Crippen molar-refractivity contribution in [2.45, 2.75) is 12.8 Å². The predicted octanol–water partition coefficient (Wildman–Crippen LogP) is 2.87. The van der Waals surface area contributed by atoms with Gasteiger partial charge >= 0.3 is 0 Å². The average molecular weight is 193 g/mol. The van der Waals surface area contributed by atoms with Gasteiger partial charge in [0.2, 0.25) is 0 Å². The lowest BCUT2D eigenvalue weighted by atomic mass is 9.93. The maximum absolute atomic E-state index is 10.6. The van der Waals surface area contributed by atoms with Crippen molar-refractivity contribution < 1.29 is 4.79 Å². The molecule has 0 saturated carbocycles. The van der Waals surface area contributed by atoms with E-state index in [1.165, 1.54) is 0 Å². The van der Waals surface area contributed by atoms with Crippen molar-refractivity contribution in [3.05, 3.63) is 39.9 Å². The Balaban J connectivity index is 2.53. The van der Waals surface area contributed by atoms with E-state index in [0.717, 1.165) is 40.9 Å². The summed E-state index contributed by atoms with van der Waals surface area (Å²) in [7, 11) is 0. The van der Waals surface area contributed by atoms with Gasteiger partial charge in [-0.15, -0.1) is 0 Å². The lowest BCUT2D eigenvalue weighted by Crippen LogP contribution is -2.00. The zero-order chi connectivity index (χ0) is 9.26. The lowest BCUT2D eigenvalue weighted by molar-refractivity contribution is -0.105. The number of carbonyl (C=O) groups excluding carboxylic acids is 1. The van der Waals surface area contributed by atoms with E-state index in [1.807, 2.05) is 24.3 Å². The molecule has 1 aromatic carbocycles. The molecular formula is C11H9ClO. The summed E-state index contributed by atoms with van der Waals surface area (Å²) >= 11 is 6.02. The molecule has 1 aliphatic rings. The van der Waals surface area contributed by atoms with Crippen molar-refractivity contribution in [3.63, 3.8) is 0 Å². The topological polar surface area (TPSA) is 17.1 Å². The van der Waals surface area contributed by atoms with Gasteiger partial charge in [0.1, 0.15) is 6.29 Å². The van der Waals surface area contributed by atoms with Gasteiger partial charge in [0.25, 0.3) is 0 Å². The normalized spacial score (nSPS) is 14.7. The van der Waals surface area contributed by atoms with Crippen LogP contribution in [0.3, 0.4) is 0 Å². The van der Waals surface area contributed by atoms with Gasteiger partial charge in [0, 0.05) is 5.02 Å². The highest BCUT2D eigenvalue weighted by atomic mass is 35.5. The fourth-order valence-electron chi connectivity index (χ4n) is 1.61. The molecule has 1 nitrogen and oxygen atoms in total. The Hall–Kier alpha value is -1.08. The zero-order valence-electron chi connectivity index (χ0n) is 7.09. The zero-order valence-corrected chi connectivity index (χ0v) is 7.84. The Morgan fingerprint density at radius 1 is 1.31 bits per heavy atom. The van der Waals surface area contributed by atoms with Crippen LogP contribution in [0.4, 0.5) is 0 Å². The number of halogens is 1. The van der Waals surface area contributed by atoms with E-state index in [0.29, 0.717) is 0 Å². The molecule has 13 heavy (non-hydrogen) atoms. The fourth-order valence-corrected chi connectivity index (χ4v) is 1.88. The maximum Gasteiger partial charge on any atom is 0.146 e. The van der Waals surface area contributed by atoms with Crippen molar-refractivity contribution in [3.8, 4) is 0 Å². The smallest absolute Gasteiger partial charge is 0.146 e. The number of carbonyl (C=O) groups is 1. The van der Waals surface area contributed by atoms with E-state index in [1.54, 1.807) is 0 Å². The third-order valence-corrected chi connectivity index (χ3v) is 2.67. The Morgan fingerprint density at radius 3 is 2.92 bits per heavy atom. The SMILES string of the molecule is O=CC1=Cc2cccc(Cl)c2CC1. The van der Waals surface area contributed by atoms with Crippen LogP contribution in [-0.4, -0.2) is 6.29 Å². The third-order valence-electron chi connectivity index (χ3n) is 2.31. The van der Waals surface area contributed by atoms with Crippen molar-refractivity contribution in [2.24, 2.45) is 0 Å². The average Bonchev–Trinajstić information content (AvgIpc) is 2.18. The minimum Gasteiger partial charge on any atom is -0.298 e. The first-order chi connectivity index (χ1) is 6.31. The van der Waals surface area contributed by atoms with Gasteiger partial charge < -0.3 is 0 Å². The summed E-state index contributed by atoms with van der Waals surface area (Å²) in [6.45, 7) is 0. The van der Waals surface area contributed by atoms with Gasteiger partial charge in [0.15, 0.2) is 0 Å². The van der Waals surface area contributed by atoms with Gasteiger partial charge in [-0.05, 0) is 41.7 Å². The summed E-state index contributed by atoms with van der Waals surface area (Å²) < 4.78 is 0. The summed E-state index contributed by atoms with van der Waals surface area (Å²) in [6.07, 6.45) is 4.52. The number of aldehydes is 1. The van der Waals surface area contributed by atoms with E-state index in [4.69, 9.17) is 11.6 Å². The van der Waals surface area contributed by atoms with Crippen LogP contribution in [0.1, 0.15) is 17.5 Å². The van der Waals surface area contributed by atoms with Crippen molar-refractivity contribution in [1.82, 2.24) is 0 Å². The summed E-state index contributed by atoms with van der Waals surface area (Å²) in [4.78, 5) is 10.6. The van der Waals surface area contributed by atoms with Crippen LogP contribution in [0.2, 0.25) is 5.02 Å².